The third-order valence-corrected chi connectivity index (χ3v) is 4.79. The van der Waals surface area contributed by atoms with E-state index in [1.165, 1.54) is 0 Å². The Bertz CT molecular complexity index is 544. The summed E-state index contributed by atoms with van der Waals surface area (Å²) in [6.07, 6.45) is 1.37. The van der Waals surface area contributed by atoms with Crippen LogP contribution in [0.1, 0.15) is 35.7 Å². The van der Waals surface area contributed by atoms with E-state index in [0.717, 1.165) is 16.5 Å². The van der Waals surface area contributed by atoms with E-state index in [-0.39, 0.29) is 11.9 Å². The van der Waals surface area contributed by atoms with Gasteiger partial charge in [-0.1, -0.05) is 15.9 Å². The zero-order valence-electron chi connectivity index (χ0n) is 11.6. The SMILES string of the molecule is Cc1cc(C(=O)N2CC(C(=O)O)CCC2C)ccc1Br. The Labute approximate surface area is 126 Å². The monoisotopic (exact) mass is 339 g/mol. The minimum absolute atomic E-state index is 0.0842. The molecule has 1 heterocycles. The first kappa shape index (κ1) is 15.0. The van der Waals surface area contributed by atoms with Gasteiger partial charge in [0.2, 0.25) is 0 Å². The summed E-state index contributed by atoms with van der Waals surface area (Å²) in [5.41, 5.74) is 1.61. The van der Waals surface area contributed by atoms with Crippen LogP contribution in [0.3, 0.4) is 0 Å². The van der Waals surface area contributed by atoms with Crippen LogP contribution in [0.4, 0.5) is 0 Å². The Balaban J connectivity index is 2.21. The van der Waals surface area contributed by atoms with Crippen LogP contribution in [0.2, 0.25) is 0 Å². The fourth-order valence-corrected chi connectivity index (χ4v) is 2.78. The van der Waals surface area contributed by atoms with E-state index in [0.29, 0.717) is 18.5 Å². The molecule has 1 amide bonds. The van der Waals surface area contributed by atoms with Crippen molar-refractivity contribution in [2.75, 3.05) is 6.54 Å². The third-order valence-electron chi connectivity index (χ3n) is 3.90. The summed E-state index contributed by atoms with van der Waals surface area (Å²) in [6, 6.07) is 5.55. The lowest BCUT2D eigenvalue weighted by atomic mass is 9.93. The van der Waals surface area contributed by atoms with Gasteiger partial charge in [0, 0.05) is 22.6 Å². The van der Waals surface area contributed by atoms with Crippen LogP contribution < -0.4 is 0 Å². The van der Waals surface area contributed by atoms with Gasteiger partial charge in [0.1, 0.15) is 0 Å². The summed E-state index contributed by atoms with van der Waals surface area (Å²) in [5, 5.41) is 9.13. The minimum atomic E-state index is -0.818. The number of hydrogen-bond acceptors (Lipinski definition) is 2. The van der Waals surface area contributed by atoms with Gasteiger partial charge in [0.05, 0.1) is 5.92 Å². The molecule has 1 saturated heterocycles. The maximum Gasteiger partial charge on any atom is 0.308 e. The summed E-state index contributed by atoms with van der Waals surface area (Å²) in [5.74, 6) is -1.35. The number of carbonyl (C=O) groups is 2. The van der Waals surface area contributed by atoms with E-state index < -0.39 is 11.9 Å². The number of nitrogens with zero attached hydrogens (tertiary/aromatic N) is 1. The molecule has 0 bridgehead atoms. The van der Waals surface area contributed by atoms with E-state index >= 15 is 0 Å². The van der Waals surface area contributed by atoms with E-state index in [1.807, 2.05) is 26.0 Å². The van der Waals surface area contributed by atoms with Crippen LogP contribution in [0.5, 0.6) is 0 Å². The van der Waals surface area contributed by atoms with E-state index in [1.54, 1.807) is 11.0 Å². The summed E-state index contributed by atoms with van der Waals surface area (Å²) in [6.45, 7) is 4.20. The lowest BCUT2D eigenvalue weighted by molar-refractivity contribution is -0.143. The first-order valence-corrected chi connectivity index (χ1v) is 7.49. The molecule has 2 rings (SSSR count). The van der Waals surface area contributed by atoms with Crippen molar-refractivity contribution < 1.29 is 14.7 Å². The Hall–Kier alpha value is -1.36. The maximum atomic E-state index is 12.6. The number of carboxylic acid groups (broad SMARTS) is 1. The second kappa shape index (κ2) is 5.95. The number of aryl methyl sites for hydroxylation is 1. The molecule has 0 aliphatic carbocycles. The van der Waals surface area contributed by atoms with Crippen LogP contribution in [-0.4, -0.2) is 34.5 Å². The number of carbonyl (C=O) groups excluding carboxylic acids is 1. The van der Waals surface area contributed by atoms with Crippen LogP contribution in [0, 0.1) is 12.8 Å². The molecule has 1 N–H and O–H groups in total. The molecule has 0 aromatic heterocycles. The molecule has 1 aliphatic rings. The van der Waals surface area contributed by atoms with Gasteiger partial charge in [-0.2, -0.15) is 0 Å². The Morgan fingerprint density at radius 3 is 2.65 bits per heavy atom. The number of rotatable bonds is 2. The molecular formula is C15H18BrNO3. The molecule has 0 spiro atoms. The zero-order chi connectivity index (χ0) is 14.9. The predicted octanol–water partition coefficient (Wildman–Crippen LogP) is 3.08. The summed E-state index contributed by atoms with van der Waals surface area (Å²) in [4.78, 5) is 25.4. The molecule has 108 valence electrons. The molecule has 1 fully saturated rings. The number of halogens is 1. The van der Waals surface area contributed by atoms with Gasteiger partial charge < -0.3 is 10.0 Å². The van der Waals surface area contributed by atoms with E-state index in [9.17, 15) is 9.59 Å². The first-order chi connectivity index (χ1) is 9.40. The number of aliphatic carboxylic acids is 1. The fourth-order valence-electron chi connectivity index (χ4n) is 2.54. The summed E-state index contributed by atoms with van der Waals surface area (Å²) in [7, 11) is 0. The Morgan fingerprint density at radius 1 is 1.35 bits per heavy atom. The van der Waals surface area contributed by atoms with Gasteiger partial charge in [0.15, 0.2) is 0 Å². The molecule has 20 heavy (non-hydrogen) atoms. The van der Waals surface area contributed by atoms with Gasteiger partial charge >= 0.3 is 5.97 Å². The second-order valence-electron chi connectivity index (χ2n) is 5.38. The first-order valence-electron chi connectivity index (χ1n) is 6.70. The van der Waals surface area contributed by atoms with Gasteiger partial charge in [-0.25, -0.2) is 0 Å². The van der Waals surface area contributed by atoms with Gasteiger partial charge in [-0.3, -0.25) is 9.59 Å². The minimum Gasteiger partial charge on any atom is -0.481 e. The van der Waals surface area contributed by atoms with Crippen molar-refractivity contribution in [1.82, 2.24) is 4.90 Å². The molecule has 2 unspecified atom stereocenters. The number of benzene rings is 1. The molecule has 1 aromatic rings. The molecule has 1 aromatic carbocycles. The standard InChI is InChI=1S/C15H18BrNO3/c1-9-7-11(5-6-13(9)16)14(18)17-8-12(15(19)20)4-3-10(17)2/h5-7,10,12H,3-4,8H2,1-2H3,(H,19,20). The van der Waals surface area contributed by atoms with Crippen LogP contribution in [0.25, 0.3) is 0 Å². The third kappa shape index (κ3) is 3.03. The largest absolute Gasteiger partial charge is 0.481 e. The Kier molecular flexibility index (Phi) is 4.48. The fraction of sp³-hybridized carbons (Fsp3) is 0.467. The van der Waals surface area contributed by atoms with Crippen molar-refractivity contribution in [3.63, 3.8) is 0 Å². The highest BCUT2D eigenvalue weighted by molar-refractivity contribution is 9.10. The van der Waals surface area contributed by atoms with Crippen molar-refractivity contribution in [1.29, 1.82) is 0 Å². The van der Waals surface area contributed by atoms with Crippen LogP contribution >= 0.6 is 15.9 Å². The average Bonchev–Trinajstić information content (AvgIpc) is 2.41. The van der Waals surface area contributed by atoms with Gasteiger partial charge in [-0.05, 0) is 50.5 Å². The lowest BCUT2D eigenvalue weighted by Gasteiger charge is -2.36. The van der Waals surface area contributed by atoms with Crippen LogP contribution in [-0.2, 0) is 4.79 Å². The van der Waals surface area contributed by atoms with Crippen molar-refractivity contribution in [2.45, 2.75) is 32.7 Å². The highest BCUT2D eigenvalue weighted by Gasteiger charge is 2.32. The molecular weight excluding hydrogens is 322 g/mol. The molecule has 4 nitrogen and oxygen atoms in total. The number of piperidine rings is 1. The highest BCUT2D eigenvalue weighted by atomic mass is 79.9. The number of amides is 1. The topological polar surface area (TPSA) is 57.6 Å². The molecule has 0 radical (unpaired) electrons. The van der Waals surface area contributed by atoms with Crippen molar-refractivity contribution >= 4 is 27.8 Å². The summed E-state index contributed by atoms with van der Waals surface area (Å²) < 4.78 is 0.962. The number of carboxylic acids is 1. The zero-order valence-corrected chi connectivity index (χ0v) is 13.2. The molecule has 5 heteroatoms. The molecule has 2 atom stereocenters. The van der Waals surface area contributed by atoms with Crippen LogP contribution in [0.15, 0.2) is 22.7 Å². The molecule has 0 saturated carbocycles. The number of hydrogen-bond donors (Lipinski definition) is 1. The summed E-state index contributed by atoms with van der Waals surface area (Å²) >= 11 is 3.41. The average molecular weight is 340 g/mol. The highest BCUT2D eigenvalue weighted by Crippen LogP contribution is 2.25. The smallest absolute Gasteiger partial charge is 0.308 e. The predicted molar refractivity (Wildman–Crippen MR) is 79.7 cm³/mol. The normalized spacial score (nSPS) is 22.6. The lowest BCUT2D eigenvalue weighted by Crippen LogP contribution is -2.47. The second-order valence-corrected chi connectivity index (χ2v) is 6.24. The maximum absolute atomic E-state index is 12.6. The van der Waals surface area contributed by atoms with Crippen molar-refractivity contribution in [3.8, 4) is 0 Å². The quantitative estimate of drug-likeness (QED) is 0.900. The van der Waals surface area contributed by atoms with Gasteiger partial charge in [-0.15, -0.1) is 0 Å². The van der Waals surface area contributed by atoms with Gasteiger partial charge in [0.25, 0.3) is 5.91 Å². The van der Waals surface area contributed by atoms with E-state index in [4.69, 9.17) is 5.11 Å². The number of likely N-dealkylation sites (tertiary alicyclic amines) is 1. The van der Waals surface area contributed by atoms with E-state index in [2.05, 4.69) is 15.9 Å². The molecule has 1 aliphatic heterocycles. The van der Waals surface area contributed by atoms with Crippen molar-refractivity contribution in [3.05, 3.63) is 33.8 Å². The van der Waals surface area contributed by atoms with Crippen molar-refractivity contribution in [2.24, 2.45) is 5.92 Å². The Morgan fingerprint density at radius 2 is 2.05 bits per heavy atom.